The number of nitro groups is 1. The van der Waals surface area contributed by atoms with E-state index in [1.54, 1.807) is 0 Å². The van der Waals surface area contributed by atoms with Crippen molar-refractivity contribution < 1.29 is 14.8 Å². The van der Waals surface area contributed by atoms with Crippen LogP contribution in [0.4, 0.5) is 11.4 Å². The number of carbonyl (C=O) groups is 1. The minimum Gasteiger partial charge on any atom is -0.506 e. The van der Waals surface area contributed by atoms with Crippen LogP contribution in [0.15, 0.2) is 41.2 Å². The molecule has 3 rings (SSSR count). The topological polar surface area (TPSA) is 121 Å². The standard InChI is InChI=1S/C14H10N4O4S/c19-12-2-1-9(18(21)22)5-11(12)16-14(20)10-6-15-17-13(10)8-3-4-23-7-8/h1-7,19H,(H,15,17)(H,16,20). The molecule has 0 spiro atoms. The molecule has 0 saturated carbocycles. The smallest absolute Gasteiger partial charge is 0.271 e. The van der Waals surface area contributed by atoms with Crippen LogP contribution >= 0.6 is 11.3 Å². The molecule has 0 radical (unpaired) electrons. The van der Waals surface area contributed by atoms with E-state index in [0.29, 0.717) is 5.69 Å². The number of rotatable bonds is 4. The Bertz CT molecular complexity index is 873. The average Bonchev–Trinajstić information content (AvgIpc) is 3.19. The van der Waals surface area contributed by atoms with Gasteiger partial charge in [0.05, 0.1) is 28.1 Å². The molecule has 0 unspecified atom stereocenters. The zero-order chi connectivity index (χ0) is 16.4. The Balaban J connectivity index is 1.90. The van der Waals surface area contributed by atoms with Gasteiger partial charge in [-0.1, -0.05) is 0 Å². The second-order valence-corrected chi connectivity index (χ2v) is 5.36. The highest BCUT2D eigenvalue weighted by Gasteiger charge is 2.18. The third kappa shape index (κ3) is 2.90. The number of benzene rings is 1. The van der Waals surface area contributed by atoms with Gasteiger partial charge in [-0.3, -0.25) is 20.0 Å². The number of aromatic nitrogens is 2. The molecule has 0 saturated heterocycles. The second kappa shape index (κ2) is 5.89. The van der Waals surface area contributed by atoms with Gasteiger partial charge in [0.15, 0.2) is 0 Å². The number of nitrogens with zero attached hydrogens (tertiary/aromatic N) is 2. The molecule has 3 aromatic rings. The number of thiophene rings is 1. The lowest BCUT2D eigenvalue weighted by Gasteiger charge is -2.07. The first-order valence-corrected chi connectivity index (χ1v) is 7.35. The van der Waals surface area contributed by atoms with Crippen molar-refractivity contribution in [3.8, 4) is 17.0 Å². The van der Waals surface area contributed by atoms with E-state index in [1.165, 1.54) is 17.5 Å². The molecule has 8 nitrogen and oxygen atoms in total. The highest BCUT2D eigenvalue weighted by atomic mass is 32.1. The Morgan fingerprint density at radius 3 is 2.91 bits per heavy atom. The molecule has 0 fully saturated rings. The van der Waals surface area contributed by atoms with Gasteiger partial charge in [0, 0.05) is 23.1 Å². The fourth-order valence-electron chi connectivity index (χ4n) is 2.01. The first kappa shape index (κ1) is 14.7. The second-order valence-electron chi connectivity index (χ2n) is 4.58. The summed E-state index contributed by atoms with van der Waals surface area (Å²) in [6.07, 6.45) is 1.36. The van der Waals surface area contributed by atoms with Crippen molar-refractivity contribution in [2.75, 3.05) is 5.32 Å². The minimum atomic E-state index is -0.607. The van der Waals surface area contributed by atoms with Gasteiger partial charge in [-0.15, -0.1) is 0 Å². The summed E-state index contributed by atoms with van der Waals surface area (Å²) in [5, 5.41) is 33.3. The lowest BCUT2D eigenvalue weighted by Crippen LogP contribution is -2.12. The maximum absolute atomic E-state index is 12.4. The van der Waals surface area contributed by atoms with Crippen LogP contribution in [0, 0.1) is 10.1 Å². The van der Waals surface area contributed by atoms with Crippen LogP contribution in [0.5, 0.6) is 5.75 Å². The van der Waals surface area contributed by atoms with Crippen molar-refractivity contribution in [2.24, 2.45) is 0 Å². The van der Waals surface area contributed by atoms with Gasteiger partial charge in [0.1, 0.15) is 5.75 Å². The predicted octanol–water partition coefficient (Wildman–Crippen LogP) is 3.00. The molecule has 116 valence electrons. The van der Waals surface area contributed by atoms with Gasteiger partial charge in [0.25, 0.3) is 11.6 Å². The van der Waals surface area contributed by atoms with Crippen LogP contribution in [0.3, 0.4) is 0 Å². The summed E-state index contributed by atoms with van der Waals surface area (Å²) >= 11 is 1.48. The molecule has 0 bridgehead atoms. The number of aromatic amines is 1. The van der Waals surface area contributed by atoms with Crippen LogP contribution in [-0.4, -0.2) is 26.1 Å². The van der Waals surface area contributed by atoms with Gasteiger partial charge in [-0.2, -0.15) is 16.4 Å². The molecular weight excluding hydrogens is 320 g/mol. The summed E-state index contributed by atoms with van der Waals surface area (Å²) in [5.41, 5.74) is 1.34. The summed E-state index contributed by atoms with van der Waals surface area (Å²) in [4.78, 5) is 22.6. The van der Waals surface area contributed by atoms with E-state index < -0.39 is 10.8 Å². The zero-order valence-corrected chi connectivity index (χ0v) is 12.3. The Labute approximate surface area is 133 Å². The number of anilines is 1. The Kier molecular flexibility index (Phi) is 3.77. The number of H-pyrrole nitrogens is 1. The fourth-order valence-corrected chi connectivity index (χ4v) is 2.66. The largest absolute Gasteiger partial charge is 0.506 e. The van der Waals surface area contributed by atoms with Crippen LogP contribution < -0.4 is 5.32 Å². The van der Waals surface area contributed by atoms with Crippen LogP contribution in [0.1, 0.15) is 10.4 Å². The highest BCUT2D eigenvalue weighted by Crippen LogP contribution is 2.29. The number of phenols is 1. The molecule has 1 aromatic carbocycles. The molecular formula is C14H10N4O4S. The molecule has 3 N–H and O–H groups in total. The number of aromatic hydroxyl groups is 1. The molecule has 23 heavy (non-hydrogen) atoms. The van der Waals surface area contributed by atoms with E-state index in [-0.39, 0.29) is 22.7 Å². The third-order valence-electron chi connectivity index (χ3n) is 3.13. The van der Waals surface area contributed by atoms with E-state index in [9.17, 15) is 20.0 Å². The van der Waals surface area contributed by atoms with Gasteiger partial charge in [-0.05, 0) is 17.5 Å². The maximum atomic E-state index is 12.4. The van der Waals surface area contributed by atoms with Gasteiger partial charge in [-0.25, -0.2) is 0 Å². The molecule has 0 aliphatic rings. The number of non-ortho nitro benzene ring substituents is 1. The van der Waals surface area contributed by atoms with Crippen molar-refractivity contribution in [2.45, 2.75) is 0 Å². The normalized spacial score (nSPS) is 10.4. The van der Waals surface area contributed by atoms with Crippen molar-refractivity contribution in [1.29, 1.82) is 0 Å². The first-order valence-electron chi connectivity index (χ1n) is 6.41. The van der Waals surface area contributed by atoms with E-state index >= 15 is 0 Å². The number of nitrogens with one attached hydrogen (secondary N) is 2. The van der Waals surface area contributed by atoms with Crippen molar-refractivity contribution >= 4 is 28.6 Å². The average molecular weight is 330 g/mol. The fraction of sp³-hybridized carbons (Fsp3) is 0. The van der Waals surface area contributed by atoms with Gasteiger partial charge < -0.3 is 10.4 Å². The van der Waals surface area contributed by atoms with Crippen LogP contribution in [0.25, 0.3) is 11.3 Å². The summed E-state index contributed by atoms with van der Waals surface area (Å²) in [6, 6.07) is 5.24. The van der Waals surface area contributed by atoms with E-state index in [0.717, 1.165) is 23.8 Å². The van der Waals surface area contributed by atoms with Crippen molar-refractivity contribution in [1.82, 2.24) is 10.2 Å². The van der Waals surface area contributed by atoms with Gasteiger partial charge >= 0.3 is 0 Å². The number of nitro benzene ring substituents is 1. The quantitative estimate of drug-likeness (QED) is 0.386. The number of hydrogen-bond acceptors (Lipinski definition) is 6. The Hall–Kier alpha value is -3.20. The highest BCUT2D eigenvalue weighted by molar-refractivity contribution is 7.08. The monoisotopic (exact) mass is 330 g/mol. The van der Waals surface area contributed by atoms with Crippen LogP contribution in [0.2, 0.25) is 0 Å². The van der Waals surface area contributed by atoms with E-state index in [1.807, 2.05) is 16.8 Å². The summed E-state index contributed by atoms with van der Waals surface area (Å²) in [7, 11) is 0. The molecule has 0 atom stereocenters. The Morgan fingerprint density at radius 1 is 1.39 bits per heavy atom. The maximum Gasteiger partial charge on any atom is 0.271 e. The zero-order valence-electron chi connectivity index (χ0n) is 11.5. The molecule has 9 heteroatoms. The minimum absolute atomic E-state index is 0.0401. The number of amides is 1. The molecule has 2 aromatic heterocycles. The lowest BCUT2D eigenvalue weighted by atomic mass is 10.1. The lowest BCUT2D eigenvalue weighted by molar-refractivity contribution is -0.384. The third-order valence-corrected chi connectivity index (χ3v) is 3.82. The molecule has 2 heterocycles. The SMILES string of the molecule is O=C(Nc1cc([N+](=O)[O-])ccc1O)c1cn[nH]c1-c1ccsc1. The van der Waals surface area contributed by atoms with E-state index in [2.05, 4.69) is 15.5 Å². The number of phenolic OH excluding ortho intramolecular Hbond substituents is 1. The summed E-state index contributed by atoms with van der Waals surface area (Å²) in [6.45, 7) is 0. The number of hydrogen-bond donors (Lipinski definition) is 3. The first-order chi connectivity index (χ1) is 11.1. The van der Waals surface area contributed by atoms with Crippen LogP contribution in [-0.2, 0) is 0 Å². The predicted molar refractivity (Wildman–Crippen MR) is 84.6 cm³/mol. The summed E-state index contributed by atoms with van der Waals surface area (Å²) in [5.74, 6) is -0.791. The van der Waals surface area contributed by atoms with Crippen molar-refractivity contribution in [3.05, 3.63) is 56.9 Å². The number of carbonyl (C=O) groups excluding carboxylic acids is 1. The van der Waals surface area contributed by atoms with E-state index in [4.69, 9.17) is 0 Å². The molecule has 0 aliphatic heterocycles. The molecule has 1 amide bonds. The Morgan fingerprint density at radius 2 is 2.22 bits per heavy atom. The summed E-state index contributed by atoms with van der Waals surface area (Å²) < 4.78 is 0. The molecule has 0 aliphatic carbocycles. The van der Waals surface area contributed by atoms with Gasteiger partial charge in [0.2, 0.25) is 0 Å². The van der Waals surface area contributed by atoms with Crippen molar-refractivity contribution in [3.63, 3.8) is 0 Å².